The van der Waals surface area contributed by atoms with E-state index < -0.39 is 5.60 Å². The zero-order valence-corrected chi connectivity index (χ0v) is 12.8. The highest BCUT2D eigenvalue weighted by Crippen LogP contribution is 2.26. The van der Waals surface area contributed by atoms with Gasteiger partial charge in [-0.1, -0.05) is 12.1 Å². The van der Waals surface area contributed by atoms with Gasteiger partial charge in [-0.05, 0) is 70.7 Å². The molecule has 0 saturated carbocycles. The predicted molar refractivity (Wildman–Crippen MR) is 78.0 cm³/mol. The molecule has 1 rings (SSSR count). The van der Waals surface area contributed by atoms with E-state index in [1.807, 2.05) is 6.92 Å². The molecule has 0 amide bonds. The van der Waals surface area contributed by atoms with E-state index in [0.717, 1.165) is 11.1 Å². The summed E-state index contributed by atoms with van der Waals surface area (Å²) in [7, 11) is 0. The summed E-state index contributed by atoms with van der Waals surface area (Å²) >= 11 is 0. The van der Waals surface area contributed by atoms with Crippen molar-refractivity contribution in [1.29, 1.82) is 0 Å². The Balaban J connectivity index is 3.01. The first-order valence-corrected chi connectivity index (χ1v) is 6.59. The molecule has 2 nitrogen and oxygen atoms in total. The van der Waals surface area contributed by atoms with Crippen LogP contribution in [-0.2, 0) is 5.60 Å². The fourth-order valence-electron chi connectivity index (χ4n) is 2.07. The van der Waals surface area contributed by atoms with Crippen LogP contribution in [0, 0.1) is 20.8 Å². The molecule has 0 aromatic heterocycles. The van der Waals surface area contributed by atoms with Crippen molar-refractivity contribution in [2.45, 2.75) is 59.6 Å². The largest absolute Gasteiger partial charge is 0.384 e. The maximum absolute atomic E-state index is 10.7. The molecule has 0 bridgehead atoms. The summed E-state index contributed by atoms with van der Waals surface area (Å²) in [6.45, 7) is 15.0. The maximum Gasteiger partial charge on any atom is 0.0995 e. The van der Waals surface area contributed by atoms with Gasteiger partial charge in [0.05, 0.1) is 5.60 Å². The fourth-order valence-corrected chi connectivity index (χ4v) is 2.07. The van der Waals surface area contributed by atoms with Gasteiger partial charge in [-0.25, -0.2) is 0 Å². The Kier molecular flexibility index (Phi) is 4.24. The number of rotatable bonds is 3. The Morgan fingerprint density at radius 1 is 0.944 bits per heavy atom. The van der Waals surface area contributed by atoms with Crippen LogP contribution >= 0.6 is 0 Å². The molecule has 1 unspecified atom stereocenters. The van der Waals surface area contributed by atoms with Gasteiger partial charge in [0.1, 0.15) is 0 Å². The third-order valence-electron chi connectivity index (χ3n) is 3.38. The lowest BCUT2D eigenvalue weighted by molar-refractivity contribution is 0.0495. The topological polar surface area (TPSA) is 32.3 Å². The molecule has 1 atom stereocenters. The van der Waals surface area contributed by atoms with Crippen molar-refractivity contribution < 1.29 is 5.11 Å². The minimum atomic E-state index is -0.837. The number of aryl methyl sites for hydroxylation is 3. The number of hydrogen-bond acceptors (Lipinski definition) is 2. The number of β-amino-alcohol motifs (C(OH)–C–C–N with tert-alkyl or cyclic N) is 1. The highest BCUT2D eigenvalue weighted by molar-refractivity contribution is 5.39. The second-order valence-electron chi connectivity index (χ2n) is 6.63. The second-order valence-corrected chi connectivity index (χ2v) is 6.63. The Bertz CT molecular complexity index is 427. The number of hydrogen-bond donors (Lipinski definition) is 2. The lowest BCUT2D eigenvalue weighted by atomic mass is 9.88. The molecule has 2 N–H and O–H groups in total. The maximum atomic E-state index is 10.7. The van der Waals surface area contributed by atoms with Gasteiger partial charge in [0, 0.05) is 12.1 Å². The summed E-state index contributed by atoms with van der Waals surface area (Å²) in [5.74, 6) is 0. The highest BCUT2D eigenvalue weighted by Gasteiger charge is 2.27. The molecule has 0 saturated heterocycles. The van der Waals surface area contributed by atoms with E-state index in [4.69, 9.17) is 0 Å². The summed E-state index contributed by atoms with van der Waals surface area (Å²) in [4.78, 5) is 0. The van der Waals surface area contributed by atoms with Crippen molar-refractivity contribution in [3.8, 4) is 0 Å². The summed E-state index contributed by atoms with van der Waals surface area (Å²) in [6, 6.07) is 4.26. The first kappa shape index (κ1) is 15.2. The molecule has 0 heterocycles. The lowest BCUT2D eigenvalue weighted by Gasteiger charge is -2.31. The summed E-state index contributed by atoms with van der Waals surface area (Å²) in [5.41, 5.74) is 3.84. The first-order chi connectivity index (χ1) is 8.03. The average molecular weight is 249 g/mol. The van der Waals surface area contributed by atoms with Crippen molar-refractivity contribution in [2.24, 2.45) is 0 Å². The summed E-state index contributed by atoms with van der Waals surface area (Å²) in [5, 5.41) is 14.1. The zero-order valence-electron chi connectivity index (χ0n) is 12.8. The molecule has 2 heteroatoms. The molecule has 18 heavy (non-hydrogen) atoms. The van der Waals surface area contributed by atoms with Gasteiger partial charge in [-0.15, -0.1) is 0 Å². The molecule has 0 aliphatic rings. The van der Waals surface area contributed by atoms with Crippen LogP contribution in [0.5, 0.6) is 0 Å². The van der Waals surface area contributed by atoms with Gasteiger partial charge < -0.3 is 10.4 Å². The van der Waals surface area contributed by atoms with Gasteiger partial charge >= 0.3 is 0 Å². The van der Waals surface area contributed by atoms with Gasteiger partial charge in [-0.2, -0.15) is 0 Å². The van der Waals surface area contributed by atoms with Crippen molar-refractivity contribution in [3.05, 3.63) is 34.4 Å². The van der Waals surface area contributed by atoms with Gasteiger partial charge in [0.15, 0.2) is 0 Å². The van der Waals surface area contributed by atoms with Crippen molar-refractivity contribution in [1.82, 2.24) is 5.32 Å². The highest BCUT2D eigenvalue weighted by atomic mass is 16.3. The standard InChI is InChI=1S/C16H27NO/c1-11-8-13(3)14(9-12(11)2)16(7,18)10-17-15(4,5)6/h8-9,17-18H,10H2,1-7H3. The number of benzene rings is 1. The van der Waals surface area contributed by atoms with Crippen LogP contribution in [0.2, 0.25) is 0 Å². The van der Waals surface area contributed by atoms with Crippen molar-refractivity contribution in [3.63, 3.8) is 0 Å². The molecular formula is C16H27NO. The minimum Gasteiger partial charge on any atom is -0.384 e. The van der Waals surface area contributed by atoms with Crippen molar-refractivity contribution >= 4 is 0 Å². The molecule has 1 aromatic rings. The third kappa shape index (κ3) is 3.82. The van der Waals surface area contributed by atoms with E-state index in [9.17, 15) is 5.11 Å². The molecule has 0 fully saturated rings. The molecule has 0 aliphatic heterocycles. The van der Waals surface area contributed by atoms with Gasteiger partial charge in [0.2, 0.25) is 0 Å². The van der Waals surface area contributed by atoms with E-state index >= 15 is 0 Å². The quantitative estimate of drug-likeness (QED) is 0.862. The molecule has 1 aromatic carbocycles. The van der Waals surface area contributed by atoms with E-state index in [1.165, 1.54) is 11.1 Å². The second kappa shape index (κ2) is 5.02. The Morgan fingerprint density at radius 3 is 1.94 bits per heavy atom. The smallest absolute Gasteiger partial charge is 0.0995 e. The van der Waals surface area contributed by atoms with Crippen LogP contribution in [0.3, 0.4) is 0 Å². The first-order valence-electron chi connectivity index (χ1n) is 6.59. The molecule has 102 valence electrons. The normalized spacial score (nSPS) is 15.6. The third-order valence-corrected chi connectivity index (χ3v) is 3.38. The van der Waals surface area contributed by atoms with E-state index in [2.05, 4.69) is 59.0 Å². The van der Waals surface area contributed by atoms with E-state index in [-0.39, 0.29) is 5.54 Å². The van der Waals surface area contributed by atoms with Crippen LogP contribution < -0.4 is 5.32 Å². The summed E-state index contributed by atoms with van der Waals surface area (Å²) < 4.78 is 0. The lowest BCUT2D eigenvalue weighted by Crippen LogP contribution is -2.45. The van der Waals surface area contributed by atoms with Crippen LogP contribution in [0.25, 0.3) is 0 Å². The molecular weight excluding hydrogens is 222 g/mol. The Labute approximate surface area is 111 Å². The van der Waals surface area contributed by atoms with Crippen LogP contribution in [-0.4, -0.2) is 17.2 Å². The Morgan fingerprint density at radius 2 is 1.44 bits per heavy atom. The van der Waals surface area contributed by atoms with Gasteiger partial charge in [-0.3, -0.25) is 0 Å². The minimum absolute atomic E-state index is 0.0115. The average Bonchev–Trinajstić information content (AvgIpc) is 2.19. The van der Waals surface area contributed by atoms with E-state index in [0.29, 0.717) is 6.54 Å². The monoisotopic (exact) mass is 249 g/mol. The van der Waals surface area contributed by atoms with Crippen LogP contribution in [0.1, 0.15) is 49.9 Å². The number of nitrogens with one attached hydrogen (secondary N) is 1. The molecule has 0 spiro atoms. The summed E-state index contributed by atoms with van der Waals surface area (Å²) in [6.07, 6.45) is 0. The van der Waals surface area contributed by atoms with Crippen LogP contribution in [0.15, 0.2) is 12.1 Å². The fraction of sp³-hybridized carbons (Fsp3) is 0.625. The molecule has 0 aliphatic carbocycles. The predicted octanol–water partition coefficient (Wildman–Crippen LogP) is 3.21. The SMILES string of the molecule is Cc1cc(C)c(C(C)(O)CNC(C)(C)C)cc1C. The number of aliphatic hydroxyl groups is 1. The van der Waals surface area contributed by atoms with Gasteiger partial charge in [0.25, 0.3) is 0 Å². The van der Waals surface area contributed by atoms with Crippen molar-refractivity contribution in [2.75, 3.05) is 6.54 Å². The van der Waals surface area contributed by atoms with Crippen LogP contribution in [0.4, 0.5) is 0 Å². The molecule has 0 radical (unpaired) electrons. The van der Waals surface area contributed by atoms with E-state index in [1.54, 1.807) is 0 Å². The Hall–Kier alpha value is -0.860. The zero-order chi connectivity index (χ0) is 14.1.